The molecule has 3 rings (SSSR count). The van der Waals surface area contributed by atoms with Crippen LogP contribution in [0.1, 0.15) is 39.0 Å². The SMILES string of the molecule is CC(C)N(C(=O)CCc1nc(-c2ccco2)no1)C1CC1. The standard InChI is InChI=1S/C15H19N3O3/c1-10(2)18(11-5-6-11)14(19)8-7-13-16-15(17-21-13)12-4-3-9-20-12/h3-4,9-11H,5-8H2,1-2H3. The fourth-order valence-electron chi connectivity index (χ4n) is 2.47. The minimum atomic E-state index is 0.158. The van der Waals surface area contributed by atoms with Gasteiger partial charge in [-0.05, 0) is 38.8 Å². The summed E-state index contributed by atoms with van der Waals surface area (Å²) in [5.74, 6) is 1.61. The molecule has 1 saturated carbocycles. The molecule has 21 heavy (non-hydrogen) atoms. The van der Waals surface area contributed by atoms with Crippen molar-refractivity contribution in [2.45, 2.75) is 51.6 Å². The van der Waals surface area contributed by atoms with Crippen molar-refractivity contribution in [3.8, 4) is 11.6 Å². The lowest BCUT2D eigenvalue weighted by molar-refractivity contribution is -0.133. The van der Waals surface area contributed by atoms with E-state index in [1.807, 2.05) is 4.90 Å². The van der Waals surface area contributed by atoms with Crippen LogP contribution in [-0.2, 0) is 11.2 Å². The largest absolute Gasteiger partial charge is 0.461 e. The molecule has 0 saturated heterocycles. The summed E-state index contributed by atoms with van der Waals surface area (Å²) in [6.07, 6.45) is 4.65. The molecule has 2 heterocycles. The summed E-state index contributed by atoms with van der Waals surface area (Å²) >= 11 is 0. The lowest BCUT2D eigenvalue weighted by Gasteiger charge is -2.26. The average Bonchev–Trinajstić information content (AvgIpc) is 2.96. The van der Waals surface area contributed by atoms with E-state index in [0.717, 1.165) is 12.8 Å². The zero-order chi connectivity index (χ0) is 14.8. The maximum Gasteiger partial charge on any atom is 0.238 e. The fourth-order valence-corrected chi connectivity index (χ4v) is 2.47. The number of carbonyl (C=O) groups is 1. The van der Waals surface area contributed by atoms with Crippen LogP contribution in [0.2, 0.25) is 0 Å². The summed E-state index contributed by atoms with van der Waals surface area (Å²) in [5.41, 5.74) is 0. The topological polar surface area (TPSA) is 72.4 Å². The third kappa shape index (κ3) is 3.15. The lowest BCUT2D eigenvalue weighted by atomic mass is 10.2. The second-order valence-electron chi connectivity index (χ2n) is 5.61. The van der Waals surface area contributed by atoms with Crippen LogP contribution in [-0.4, -0.2) is 33.0 Å². The van der Waals surface area contributed by atoms with E-state index in [2.05, 4.69) is 24.0 Å². The number of carbonyl (C=O) groups excluding carboxylic acids is 1. The van der Waals surface area contributed by atoms with Gasteiger partial charge in [-0.3, -0.25) is 4.79 Å². The van der Waals surface area contributed by atoms with Gasteiger partial charge in [-0.1, -0.05) is 5.16 Å². The molecular formula is C15H19N3O3. The molecule has 1 amide bonds. The van der Waals surface area contributed by atoms with Gasteiger partial charge in [-0.15, -0.1) is 0 Å². The molecule has 0 spiro atoms. The molecule has 1 aliphatic carbocycles. The molecule has 0 radical (unpaired) electrons. The number of furan rings is 1. The third-order valence-electron chi connectivity index (χ3n) is 3.55. The van der Waals surface area contributed by atoms with Crippen LogP contribution in [0.5, 0.6) is 0 Å². The number of hydrogen-bond donors (Lipinski definition) is 0. The van der Waals surface area contributed by atoms with E-state index in [1.165, 1.54) is 0 Å². The van der Waals surface area contributed by atoms with Crippen LogP contribution in [0, 0.1) is 0 Å². The molecule has 112 valence electrons. The van der Waals surface area contributed by atoms with E-state index in [1.54, 1.807) is 18.4 Å². The minimum absolute atomic E-state index is 0.158. The summed E-state index contributed by atoms with van der Waals surface area (Å²) < 4.78 is 10.4. The van der Waals surface area contributed by atoms with Crippen LogP contribution in [0.15, 0.2) is 27.3 Å². The summed E-state index contributed by atoms with van der Waals surface area (Å²) in [7, 11) is 0. The molecule has 0 aromatic carbocycles. The number of amides is 1. The first-order valence-electron chi connectivity index (χ1n) is 7.33. The van der Waals surface area contributed by atoms with Gasteiger partial charge in [0, 0.05) is 24.9 Å². The Hall–Kier alpha value is -2.11. The minimum Gasteiger partial charge on any atom is -0.461 e. The molecule has 0 aliphatic heterocycles. The molecule has 0 atom stereocenters. The van der Waals surface area contributed by atoms with Gasteiger partial charge in [0.2, 0.25) is 17.6 Å². The van der Waals surface area contributed by atoms with Crippen molar-refractivity contribution in [3.05, 3.63) is 24.3 Å². The van der Waals surface area contributed by atoms with Gasteiger partial charge in [0.15, 0.2) is 5.76 Å². The quantitative estimate of drug-likeness (QED) is 0.817. The normalized spacial score (nSPS) is 14.6. The Morgan fingerprint density at radius 3 is 2.90 bits per heavy atom. The third-order valence-corrected chi connectivity index (χ3v) is 3.55. The zero-order valence-electron chi connectivity index (χ0n) is 12.3. The van der Waals surface area contributed by atoms with Crippen molar-refractivity contribution >= 4 is 5.91 Å². The van der Waals surface area contributed by atoms with Crippen LogP contribution in [0.25, 0.3) is 11.6 Å². The van der Waals surface area contributed by atoms with E-state index in [-0.39, 0.29) is 11.9 Å². The summed E-state index contributed by atoms with van der Waals surface area (Å²) in [6, 6.07) is 4.21. The maximum absolute atomic E-state index is 12.3. The Morgan fingerprint density at radius 2 is 2.29 bits per heavy atom. The van der Waals surface area contributed by atoms with Crippen molar-refractivity contribution in [1.82, 2.24) is 15.0 Å². The van der Waals surface area contributed by atoms with Crippen LogP contribution < -0.4 is 0 Å². The molecule has 1 aliphatic rings. The Labute approximate surface area is 123 Å². The molecule has 6 heteroatoms. The van der Waals surface area contributed by atoms with Crippen LogP contribution >= 0.6 is 0 Å². The van der Waals surface area contributed by atoms with Crippen molar-refractivity contribution in [3.63, 3.8) is 0 Å². The van der Waals surface area contributed by atoms with Gasteiger partial charge >= 0.3 is 0 Å². The first-order valence-corrected chi connectivity index (χ1v) is 7.33. The monoisotopic (exact) mass is 289 g/mol. The number of aromatic nitrogens is 2. The van der Waals surface area contributed by atoms with E-state index in [4.69, 9.17) is 8.94 Å². The molecule has 0 N–H and O–H groups in total. The first-order chi connectivity index (χ1) is 10.1. The van der Waals surface area contributed by atoms with E-state index < -0.39 is 0 Å². The second-order valence-corrected chi connectivity index (χ2v) is 5.61. The van der Waals surface area contributed by atoms with Gasteiger partial charge in [0.05, 0.1) is 6.26 Å². The van der Waals surface area contributed by atoms with Crippen molar-refractivity contribution < 1.29 is 13.7 Å². The van der Waals surface area contributed by atoms with E-state index in [0.29, 0.717) is 36.4 Å². The number of aryl methyl sites for hydroxylation is 1. The Bertz CT molecular complexity index is 597. The highest BCUT2D eigenvalue weighted by Crippen LogP contribution is 2.29. The number of hydrogen-bond acceptors (Lipinski definition) is 5. The van der Waals surface area contributed by atoms with Gasteiger partial charge < -0.3 is 13.8 Å². The number of rotatable bonds is 6. The van der Waals surface area contributed by atoms with Gasteiger partial charge in [0.25, 0.3) is 0 Å². The van der Waals surface area contributed by atoms with Crippen molar-refractivity contribution in [2.24, 2.45) is 0 Å². The van der Waals surface area contributed by atoms with Gasteiger partial charge in [-0.25, -0.2) is 0 Å². The fraction of sp³-hybridized carbons (Fsp3) is 0.533. The molecule has 0 bridgehead atoms. The highest BCUT2D eigenvalue weighted by molar-refractivity contribution is 5.77. The van der Waals surface area contributed by atoms with Crippen LogP contribution in [0.3, 0.4) is 0 Å². The number of nitrogens with zero attached hydrogens (tertiary/aromatic N) is 3. The van der Waals surface area contributed by atoms with Crippen molar-refractivity contribution in [1.29, 1.82) is 0 Å². The predicted octanol–water partition coefficient (Wildman–Crippen LogP) is 2.66. The Kier molecular flexibility index (Phi) is 3.77. The summed E-state index contributed by atoms with van der Waals surface area (Å²) in [4.78, 5) is 18.5. The molecular weight excluding hydrogens is 270 g/mol. The van der Waals surface area contributed by atoms with Crippen LogP contribution in [0.4, 0.5) is 0 Å². The summed E-state index contributed by atoms with van der Waals surface area (Å²) in [6.45, 7) is 4.11. The molecule has 2 aromatic rings. The smallest absolute Gasteiger partial charge is 0.238 e. The Balaban J connectivity index is 1.58. The highest BCUT2D eigenvalue weighted by atomic mass is 16.5. The first kappa shape index (κ1) is 13.9. The molecule has 6 nitrogen and oxygen atoms in total. The lowest BCUT2D eigenvalue weighted by Crippen LogP contribution is -2.38. The average molecular weight is 289 g/mol. The summed E-state index contributed by atoms with van der Waals surface area (Å²) in [5, 5.41) is 3.86. The Morgan fingerprint density at radius 1 is 1.48 bits per heavy atom. The molecule has 1 fully saturated rings. The molecule has 2 aromatic heterocycles. The zero-order valence-corrected chi connectivity index (χ0v) is 12.3. The molecule has 0 unspecified atom stereocenters. The predicted molar refractivity (Wildman–Crippen MR) is 75.3 cm³/mol. The maximum atomic E-state index is 12.3. The van der Waals surface area contributed by atoms with Gasteiger partial charge in [-0.2, -0.15) is 4.98 Å². The highest BCUT2D eigenvalue weighted by Gasteiger charge is 2.33. The van der Waals surface area contributed by atoms with E-state index >= 15 is 0 Å². The second kappa shape index (κ2) is 5.71. The van der Waals surface area contributed by atoms with Gasteiger partial charge in [0.1, 0.15) is 0 Å². The van der Waals surface area contributed by atoms with E-state index in [9.17, 15) is 4.79 Å². The van der Waals surface area contributed by atoms with Crippen molar-refractivity contribution in [2.75, 3.05) is 0 Å².